The molecule has 4 rings (SSSR count). The highest BCUT2D eigenvalue weighted by atomic mass is 32.2. The van der Waals surface area contributed by atoms with Crippen molar-refractivity contribution in [1.29, 1.82) is 0 Å². The molecule has 2 aromatic carbocycles. The third-order valence-corrected chi connectivity index (χ3v) is 8.34. The van der Waals surface area contributed by atoms with Gasteiger partial charge in [-0.15, -0.1) is 0 Å². The number of likely N-dealkylation sites (N-methyl/N-ethyl adjacent to an activating group) is 1. The quantitative estimate of drug-likeness (QED) is 0.579. The molecule has 1 fully saturated rings. The van der Waals surface area contributed by atoms with E-state index in [9.17, 15) is 8.42 Å². The fourth-order valence-electron chi connectivity index (χ4n) is 4.63. The summed E-state index contributed by atoms with van der Waals surface area (Å²) in [5, 5.41) is 3.52. The number of hydrogen-bond acceptors (Lipinski definition) is 4. The third-order valence-electron chi connectivity index (χ3n) is 6.45. The van der Waals surface area contributed by atoms with Gasteiger partial charge in [0.2, 0.25) is 0 Å². The Balaban J connectivity index is 1.41. The predicted molar refractivity (Wildman–Crippen MR) is 122 cm³/mol. The largest absolute Gasteiger partial charge is 0.494 e. The molecule has 0 spiro atoms. The second-order valence-electron chi connectivity index (χ2n) is 8.85. The van der Waals surface area contributed by atoms with Crippen LogP contribution in [0.2, 0.25) is 0 Å². The molecular weight excluding hydrogens is 394 g/mol. The van der Waals surface area contributed by atoms with Gasteiger partial charge in [0, 0.05) is 12.0 Å². The van der Waals surface area contributed by atoms with Crippen molar-refractivity contribution in [2.45, 2.75) is 50.5 Å². The summed E-state index contributed by atoms with van der Waals surface area (Å²) in [7, 11) is -0.878. The average Bonchev–Trinajstić information content (AvgIpc) is 3.55. The van der Waals surface area contributed by atoms with E-state index in [2.05, 4.69) is 54.8 Å². The Kier molecular flexibility index (Phi) is 6.79. The molecule has 0 amide bonds. The highest BCUT2D eigenvalue weighted by molar-refractivity contribution is 7.91. The summed E-state index contributed by atoms with van der Waals surface area (Å²) >= 11 is 0. The lowest BCUT2D eigenvalue weighted by molar-refractivity contribution is 0.315. The zero-order valence-electron chi connectivity index (χ0n) is 17.8. The minimum Gasteiger partial charge on any atom is -0.494 e. The van der Waals surface area contributed by atoms with E-state index in [0.717, 1.165) is 37.9 Å². The van der Waals surface area contributed by atoms with Crippen LogP contribution in [-0.4, -0.2) is 39.6 Å². The number of aryl methyl sites for hydroxylation is 1. The van der Waals surface area contributed by atoms with Gasteiger partial charge in [0.25, 0.3) is 0 Å². The summed E-state index contributed by atoms with van der Waals surface area (Å²) < 4.78 is 30.2. The molecule has 0 bridgehead atoms. The van der Waals surface area contributed by atoms with E-state index in [4.69, 9.17) is 4.74 Å². The minimum absolute atomic E-state index is 0.229. The monoisotopic (exact) mass is 427 g/mol. The van der Waals surface area contributed by atoms with Gasteiger partial charge in [0.05, 0.1) is 18.1 Å². The number of fused-ring (bicyclic) bond motifs is 1. The first-order chi connectivity index (χ1) is 14.5. The Morgan fingerprint density at radius 3 is 2.60 bits per heavy atom. The van der Waals surface area contributed by atoms with Crippen LogP contribution in [-0.2, 0) is 22.7 Å². The van der Waals surface area contributed by atoms with Crippen molar-refractivity contribution in [2.75, 3.05) is 25.2 Å². The van der Waals surface area contributed by atoms with Crippen LogP contribution in [0.4, 0.5) is 0 Å². The maximum Gasteiger partial charge on any atom is 0.150 e. The molecule has 0 aromatic heterocycles. The SMILES string of the molecule is CNC1CCc2ccc(OCCCS(=O)(=O)CC3CC3)cc2C1Cc1ccccc1. The van der Waals surface area contributed by atoms with Crippen LogP contribution >= 0.6 is 0 Å². The Bertz CT molecular complexity index is 938. The highest BCUT2D eigenvalue weighted by Crippen LogP contribution is 2.36. The maximum absolute atomic E-state index is 12.1. The Morgan fingerprint density at radius 1 is 1.07 bits per heavy atom. The third kappa shape index (κ3) is 5.64. The van der Waals surface area contributed by atoms with E-state index < -0.39 is 9.84 Å². The van der Waals surface area contributed by atoms with Gasteiger partial charge in [-0.1, -0.05) is 36.4 Å². The van der Waals surface area contributed by atoms with Gasteiger partial charge in [0.1, 0.15) is 5.75 Å². The van der Waals surface area contributed by atoms with Crippen molar-refractivity contribution < 1.29 is 13.2 Å². The average molecular weight is 428 g/mol. The van der Waals surface area contributed by atoms with E-state index in [0.29, 0.717) is 36.7 Å². The second-order valence-corrected chi connectivity index (χ2v) is 11.1. The molecule has 0 saturated heterocycles. The number of nitrogens with one attached hydrogen (secondary N) is 1. The smallest absolute Gasteiger partial charge is 0.150 e. The van der Waals surface area contributed by atoms with Crippen LogP contribution in [0.3, 0.4) is 0 Å². The minimum atomic E-state index is -2.93. The van der Waals surface area contributed by atoms with Crippen LogP contribution in [0.15, 0.2) is 48.5 Å². The summed E-state index contributed by atoms with van der Waals surface area (Å²) in [5.74, 6) is 2.26. The molecule has 2 unspecified atom stereocenters. The summed E-state index contributed by atoms with van der Waals surface area (Å²) in [6, 6.07) is 17.5. The standard InChI is InChI=1S/C25H33NO3S/c1-26-25-13-11-21-10-12-22(29-14-5-15-30(27,28)18-20-8-9-20)17-23(21)24(25)16-19-6-3-2-4-7-19/h2-4,6-7,10,12,17,20,24-26H,5,8-9,11,13-16,18H2,1H3. The molecule has 2 aliphatic carbocycles. The topological polar surface area (TPSA) is 55.4 Å². The normalized spacial score (nSPS) is 21.2. The van der Waals surface area contributed by atoms with Gasteiger partial charge in [0.15, 0.2) is 9.84 Å². The van der Waals surface area contributed by atoms with Crippen LogP contribution in [0.1, 0.15) is 48.3 Å². The lowest BCUT2D eigenvalue weighted by atomic mass is 9.76. The number of benzene rings is 2. The van der Waals surface area contributed by atoms with Crippen molar-refractivity contribution >= 4 is 9.84 Å². The lowest BCUT2D eigenvalue weighted by Crippen LogP contribution is -2.37. The molecule has 5 heteroatoms. The molecule has 0 heterocycles. The number of sulfone groups is 1. The van der Waals surface area contributed by atoms with Gasteiger partial charge in [-0.3, -0.25) is 0 Å². The number of hydrogen-bond donors (Lipinski definition) is 1. The molecule has 2 atom stereocenters. The van der Waals surface area contributed by atoms with Crippen molar-refractivity contribution in [2.24, 2.45) is 5.92 Å². The van der Waals surface area contributed by atoms with Crippen molar-refractivity contribution in [3.63, 3.8) is 0 Å². The summed E-state index contributed by atoms with van der Waals surface area (Å²) in [4.78, 5) is 0. The fourth-order valence-corrected chi connectivity index (χ4v) is 6.40. The first kappa shape index (κ1) is 21.4. The van der Waals surface area contributed by atoms with E-state index in [1.54, 1.807) is 0 Å². The predicted octanol–water partition coefficient (Wildman–Crippen LogP) is 4.14. The Hall–Kier alpha value is -1.85. The van der Waals surface area contributed by atoms with E-state index in [1.807, 2.05) is 6.07 Å². The van der Waals surface area contributed by atoms with Crippen LogP contribution in [0, 0.1) is 5.92 Å². The van der Waals surface area contributed by atoms with Crippen LogP contribution < -0.4 is 10.1 Å². The molecule has 162 valence electrons. The molecule has 2 aliphatic rings. The number of rotatable bonds is 10. The molecule has 1 saturated carbocycles. The molecule has 4 nitrogen and oxygen atoms in total. The van der Waals surface area contributed by atoms with E-state index >= 15 is 0 Å². The summed E-state index contributed by atoms with van der Waals surface area (Å²) in [6.45, 7) is 0.446. The van der Waals surface area contributed by atoms with Crippen LogP contribution in [0.25, 0.3) is 0 Å². The van der Waals surface area contributed by atoms with Gasteiger partial charge in [-0.25, -0.2) is 8.42 Å². The zero-order valence-corrected chi connectivity index (χ0v) is 18.7. The van der Waals surface area contributed by atoms with Crippen molar-refractivity contribution in [3.05, 3.63) is 65.2 Å². The van der Waals surface area contributed by atoms with Gasteiger partial charge >= 0.3 is 0 Å². The Labute approximate surface area is 181 Å². The molecule has 0 aliphatic heterocycles. The van der Waals surface area contributed by atoms with E-state index in [-0.39, 0.29) is 5.75 Å². The van der Waals surface area contributed by atoms with Gasteiger partial charge in [-0.05, 0) is 80.3 Å². The van der Waals surface area contributed by atoms with Gasteiger partial charge < -0.3 is 10.1 Å². The molecule has 2 aromatic rings. The summed E-state index contributed by atoms with van der Waals surface area (Å²) in [6.07, 6.45) is 5.91. The summed E-state index contributed by atoms with van der Waals surface area (Å²) in [5.41, 5.74) is 4.12. The molecular formula is C25H33NO3S. The van der Waals surface area contributed by atoms with Crippen LogP contribution in [0.5, 0.6) is 5.75 Å². The lowest BCUT2D eigenvalue weighted by Gasteiger charge is -2.34. The maximum atomic E-state index is 12.1. The molecule has 30 heavy (non-hydrogen) atoms. The first-order valence-electron chi connectivity index (χ1n) is 11.2. The van der Waals surface area contributed by atoms with Crippen molar-refractivity contribution in [1.82, 2.24) is 5.32 Å². The Morgan fingerprint density at radius 2 is 1.87 bits per heavy atom. The van der Waals surface area contributed by atoms with E-state index in [1.165, 1.54) is 16.7 Å². The highest BCUT2D eigenvalue weighted by Gasteiger charge is 2.29. The van der Waals surface area contributed by atoms with Crippen molar-refractivity contribution in [3.8, 4) is 5.75 Å². The molecule has 0 radical (unpaired) electrons. The molecule has 1 N–H and O–H groups in total. The fraction of sp³-hybridized carbons (Fsp3) is 0.520. The zero-order chi connectivity index (χ0) is 21.0. The van der Waals surface area contributed by atoms with Gasteiger partial charge in [-0.2, -0.15) is 0 Å². The number of ether oxygens (including phenoxy) is 1. The first-order valence-corrected chi connectivity index (χ1v) is 13.0. The second kappa shape index (κ2) is 9.52.